The molecule has 0 unspecified atom stereocenters. The number of phenolic OH excluding ortho intramolecular Hbond substituents is 1. The van der Waals surface area contributed by atoms with Crippen molar-refractivity contribution in [3.8, 4) is 22.9 Å². The second kappa shape index (κ2) is 6.55. The number of ether oxygens (including phenoxy) is 1. The largest absolute Gasteiger partial charge is 0.508 e. The SMILES string of the molecule is COc1ccccc1[C@H]1CNC(=O)c2nc(-c3ccc(O)cc3)[nH]c2C1. The number of aromatic nitrogens is 2. The Bertz CT molecular complexity index is 947. The van der Waals surface area contributed by atoms with Gasteiger partial charge in [-0.2, -0.15) is 0 Å². The normalized spacial score (nSPS) is 16.5. The van der Waals surface area contributed by atoms with Gasteiger partial charge in [0.05, 0.1) is 7.11 Å². The van der Waals surface area contributed by atoms with Crippen molar-refractivity contribution >= 4 is 5.91 Å². The van der Waals surface area contributed by atoms with Crippen molar-refractivity contribution in [3.05, 3.63) is 65.5 Å². The molecule has 3 N–H and O–H groups in total. The minimum Gasteiger partial charge on any atom is -0.508 e. The first-order valence-electron chi connectivity index (χ1n) is 8.45. The number of fused-ring (bicyclic) bond motifs is 1. The van der Waals surface area contributed by atoms with Crippen molar-refractivity contribution in [2.24, 2.45) is 0 Å². The summed E-state index contributed by atoms with van der Waals surface area (Å²) in [5.74, 6) is 1.53. The van der Waals surface area contributed by atoms with E-state index in [1.54, 1.807) is 31.4 Å². The highest BCUT2D eigenvalue weighted by Gasteiger charge is 2.27. The molecule has 1 aromatic heterocycles. The Kier molecular flexibility index (Phi) is 4.08. The number of H-pyrrole nitrogens is 1. The zero-order valence-electron chi connectivity index (χ0n) is 14.3. The van der Waals surface area contributed by atoms with E-state index in [4.69, 9.17) is 4.74 Å². The van der Waals surface area contributed by atoms with Gasteiger partial charge < -0.3 is 20.1 Å². The average Bonchev–Trinajstić information content (AvgIpc) is 3.03. The zero-order valence-corrected chi connectivity index (χ0v) is 14.3. The van der Waals surface area contributed by atoms with Crippen molar-refractivity contribution in [1.82, 2.24) is 15.3 Å². The lowest BCUT2D eigenvalue weighted by molar-refractivity contribution is 0.0950. The van der Waals surface area contributed by atoms with Crippen LogP contribution in [0.4, 0.5) is 0 Å². The number of imidazole rings is 1. The van der Waals surface area contributed by atoms with Crippen molar-refractivity contribution in [3.63, 3.8) is 0 Å². The fourth-order valence-corrected chi connectivity index (χ4v) is 3.34. The molecular weight excluding hydrogens is 330 g/mol. The van der Waals surface area contributed by atoms with E-state index in [1.165, 1.54) is 0 Å². The summed E-state index contributed by atoms with van der Waals surface area (Å²) >= 11 is 0. The third kappa shape index (κ3) is 2.90. The van der Waals surface area contributed by atoms with Crippen molar-refractivity contribution in [1.29, 1.82) is 0 Å². The average molecular weight is 349 g/mol. The summed E-state index contributed by atoms with van der Waals surface area (Å²) < 4.78 is 5.48. The number of rotatable bonds is 3. The minimum absolute atomic E-state index is 0.0875. The van der Waals surface area contributed by atoms with Crippen LogP contribution >= 0.6 is 0 Å². The number of carbonyl (C=O) groups is 1. The number of methoxy groups -OCH3 is 1. The molecule has 0 fully saturated rings. The van der Waals surface area contributed by atoms with Gasteiger partial charge in [0, 0.05) is 23.7 Å². The van der Waals surface area contributed by atoms with Crippen LogP contribution in [0.3, 0.4) is 0 Å². The van der Waals surface area contributed by atoms with Gasteiger partial charge >= 0.3 is 0 Å². The molecule has 3 aromatic rings. The van der Waals surface area contributed by atoms with Crippen molar-refractivity contribution < 1.29 is 14.6 Å². The molecule has 4 rings (SSSR count). The number of aromatic hydroxyl groups is 1. The lowest BCUT2D eigenvalue weighted by atomic mass is 9.93. The van der Waals surface area contributed by atoms with E-state index < -0.39 is 0 Å². The van der Waals surface area contributed by atoms with E-state index in [1.807, 2.05) is 24.3 Å². The number of aromatic amines is 1. The monoisotopic (exact) mass is 349 g/mol. The fourth-order valence-electron chi connectivity index (χ4n) is 3.34. The van der Waals surface area contributed by atoms with Gasteiger partial charge in [-0.05, 0) is 42.3 Å². The lowest BCUT2D eigenvalue weighted by Gasteiger charge is -2.17. The van der Waals surface area contributed by atoms with Gasteiger partial charge in [0.25, 0.3) is 5.91 Å². The van der Waals surface area contributed by atoms with Crippen LogP contribution in [0.25, 0.3) is 11.4 Å². The molecule has 0 saturated carbocycles. The summed E-state index contributed by atoms with van der Waals surface area (Å²) in [6, 6.07) is 14.6. The van der Waals surface area contributed by atoms with Crippen molar-refractivity contribution in [2.75, 3.05) is 13.7 Å². The second-order valence-corrected chi connectivity index (χ2v) is 6.31. The number of carbonyl (C=O) groups excluding carboxylic acids is 1. The van der Waals surface area contributed by atoms with Gasteiger partial charge in [-0.1, -0.05) is 18.2 Å². The van der Waals surface area contributed by atoms with Crippen LogP contribution in [0.1, 0.15) is 27.7 Å². The maximum Gasteiger partial charge on any atom is 0.271 e. The maximum atomic E-state index is 12.5. The number of nitrogens with zero attached hydrogens (tertiary/aromatic N) is 1. The maximum absolute atomic E-state index is 12.5. The number of benzene rings is 2. The third-order valence-electron chi connectivity index (χ3n) is 4.67. The number of para-hydroxylation sites is 1. The molecule has 2 aromatic carbocycles. The Morgan fingerprint density at radius 2 is 1.92 bits per heavy atom. The van der Waals surface area contributed by atoms with Gasteiger partial charge in [0.2, 0.25) is 0 Å². The molecule has 6 heteroatoms. The molecule has 6 nitrogen and oxygen atoms in total. The third-order valence-corrected chi connectivity index (χ3v) is 4.67. The van der Waals surface area contributed by atoms with E-state index in [0.29, 0.717) is 24.5 Å². The Labute approximate surface area is 150 Å². The van der Waals surface area contributed by atoms with Crippen LogP contribution in [0.15, 0.2) is 48.5 Å². The first kappa shape index (κ1) is 16.2. The summed E-state index contributed by atoms with van der Waals surface area (Å²) in [4.78, 5) is 20.2. The van der Waals surface area contributed by atoms with Crippen LogP contribution in [0.2, 0.25) is 0 Å². The van der Waals surface area contributed by atoms with Crippen LogP contribution in [-0.2, 0) is 6.42 Å². The summed E-state index contributed by atoms with van der Waals surface area (Å²) in [5, 5.41) is 12.4. The van der Waals surface area contributed by atoms with E-state index >= 15 is 0 Å². The highest BCUT2D eigenvalue weighted by atomic mass is 16.5. The first-order valence-corrected chi connectivity index (χ1v) is 8.45. The predicted octanol–water partition coefficient (Wildman–Crippen LogP) is 2.86. The number of nitrogens with one attached hydrogen (secondary N) is 2. The quantitative estimate of drug-likeness (QED) is 0.678. The predicted molar refractivity (Wildman–Crippen MR) is 97.5 cm³/mol. The van der Waals surface area contributed by atoms with Crippen LogP contribution in [-0.4, -0.2) is 34.6 Å². The molecule has 1 amide bonds. The first-order chi connectivity index (χ1) is 12.7. The number of phenols is 1. The smallest absolute Gasteiger partial charge is 0.271 e. The fraction of sp³-hybridized carbons (Fsp3) is 0.200. The molecular formula is C20H19N3O3. The Balaban J connectivity index is 1.71. The molecule has 1 atom stereocenters. The molecule has 26 heavy (non-hydrogen) atoms. The van der Waals surface area contributed by atoms with E-state index in [-0.39, 0.29) is 17.6 Å². The zero-order chi connectivity index (χ0) is 18.1. The molecule has 1 aliphatic rings. The van der Waals surface area contributed by atoms with Crippen LogP contribution in [0, 0.1) is 0 Å². The van der Waals surface area contributed by atoms with Crippen LogP contribution in [0.5, 0.6) is 11.5 Å². The topological polar surface area (TPSA) is 87.2 Å². The molecule has 0 saturated heterocycles. The number of amides is 1. The Hall–Kier alpha value is -3.28. The summed E-state index contributed by atoms with van der Waals surface area (Å²) in [6.07, 6.45) is 0.652. The number of hydrogen-bond acceptors (Lipinski definition) is 4. The Morgan fingerprint density at radius 3 is 2.69 bits per heavy atom. The molecule has 132 valence electrons. The van der Waals surface area contributed by atoms with Gasteiger partial charge in [0.1, 0.15) is 23.0 Å². The summed E-state index contributed by atoms with van der Waals surface area (Å²) in [7, 11) is 1.65. The summed E-state index contributed by atoms with van der Waals surface area (Å²) in [5.41, 5.74) is 3.10. The van der Waals surface area contributed by atoms with E-state index in [2.05, 4.69) is 15.3 Å². The van der Waals surface area contributed by atoms with Gasteiger partial charge in [-0.3, -0.25) is 4.79 Å². The molecule has 1 aliphatic heterocycles. The highest BCUT2D eigenvalue weighted by Crippen LogP contribution is 2.31. The lowest BCUT2D eigenvalue weighted by Crippen LogP contribution is -2.26. The molecule has 0 aliphatic carbocycles. The second-order valence-electron chi connectivity index (χ2n) is 6.31. The molecule has 0 radical (unpaired) electrons. The van der Waals surface area contributed by atoms with Gasteiger partial charge in [-0.25, -0.2) is 4.98 Å². The van der Waals surface area contributed by atoms with Crippen molar-refractivity contribution in [2.45, 2.75) is 12.3 Å². The standard InChI is InChI=1S/C20H19N3O3/c1-26-17-5-3-2-4-15(17)13-10-16-18(20(25)21-11-13)23-19(22-16)12-6-8-14(24)9-7-12/h2-9,13,24H,10-11H2,1H3,(H,21,25)(H,22,23)/t13-/m1/s1. The molecule has 0 spiro atoms. The Morgan fingerprint density at radius 1 is 1.15 bits per heavy atom. The highest BCUT2D eigenvalue weighted by molar-refractivity contribution is 5.94. The van der Waals surface area contributed by atoms with E-state index in [0.717, 1.165) is 22.6 Å². The minimum atomic E-state index is -0.182. The van der Waals surface area contributed by atoms with Gasteiger partial charge in [0.15, 0.2) is 0 Å². The van der Waals surface area contributed by atoms with Gasteiger partial charge in [-0.15, -0.1) is 0 Å². The van der Waals surface area contributed by atoms with Crippen LogP contribution < -0.4 is 10.1 Å². The van der Waals surface area contributed by atoms with E-state index in [9.17, 15) is 9.90 Å². The molecule has 2 heterocycles. The summed E-state index contributed by atoms with van der Waals surface area (Å²) in [6.45, 7) is 0.526. The number of hydrogen-bond donors (Lipinski definition) is 3. The molecule has 0 bridgehead atoms.